The van der Waals surface area contributed by atoms with Crippen molar-refractivity contribution in [2.45, 2.75) is 77.9 Å². The van der Waals surface area contributed by atoms with E-state index in [-0.39, 0.29) is 0 Å². The van der Waals surface area contributed by atoms with Gasteiger partial charge in [0.05, 0.1) is 12.7 Å². The van der Waals surface area contributed by atoms with E-state index in [1.54, 1.807) is 0 Å². The molecule has 2 atom stereocenters. The molecular weight excluding hydrogens is 324 g/mol. The van der Waals surface area contributed by atoms with Gasteiger partial charge in [0, 0.05) is 39.3 Å². The van der Waals surface area contributed by atoms with Gasteiger partial charge in [-0.2, -0.15) is 0 Å². The zero-order chi connectivity index (χ0) is 18.8. The van der Waals surface area contributed by atoms with Crippen molar-refractivity contribution < 1.29 is 4.74 Å². The Hall–Kier alpha value is -0.810. The van der Waals surface area contributed by atoms with Crippen LogP contribution in [0.4, 0.5) is 0 Å². The lowest BCUT2D eigenvalue weighted by Gasteiger charge is -2.33. The molecule has 5 nitrogen and oxygen atoms in total. The highest BCUT2D eigenvalue weighted by Gasteiger charge is 2.21. The summed E-state index contributed by atoms with van der Waals surface area (Å²) in [5.74, 6) is 2.80. The molecular formula is C21H42N4O. The van der Waals surface area contributed by atoms with Crippen molar-refractivity contribution in [2.24, 2.45) is 16.8 Å². The summed E-state index contributed by atoms with van der Waals surface area (Å²) in [4.78, 5) is 6.94. The molecule has 1 aliphatic carbocycles. The van der Waals surface area contributed by atoms with E-state index in [1.807, 2.05) is 7.05 Å². The molecule has 152 valence electrons. The van der Waals surface area contributed by atoms with Gasteiger partial charge in [-0.25, -0.2) is 0 Å². The van der Waals surface area contributed by atoms with Crippen molar-refractivity contribution in [1.82, 2.24) is 15.5 Å². The van der Waals surface area contributed by atoms with Gasteiger partial charge < -0.3 is 20.3 Å². The van der Waals surface area contributed by atoms with Crippen molar-refractivity contribution in [1.29, 1.82) is 0 Å². The molecule has 2 rings (SSSR count). The number of hydrogen-bond donors (Lipinski definition) is 2. The second kappa shape index (κ2) is 11.8. The van der Waals surface area contributed by atoms with E-state index >= 15 is 0 Å². The molecule has 0 bridgehead atoms. The average Bonchev–Trinajstić information content (AvgIpc) is 2.62. The third kappa shape index (κ3) is 8.26. The number of rotatable bonds is 8. The van der Waals surface area contributed by atoms with Gasteiger partial charge in [-0.15, -0.1) is 0 Å². The maximum atomic E-state index is 5.67. The number of ether oxygens (including phenoxy) is 1. The normalized spacial score (nSPS) is 26.3. The second-order valence-corrected chi connectivity index (χ2v) is 8.61. The molecule has 1 heterocycles. The summed E-state index contributed by atoms with van der Waals surface area (Å²) in [7, 11) is 1.89. The smallest absolute Gasteiger partial charge is 0.191 e. The minimum absolute atomic E-state index is 0.334. The summed E-state index contributed by atoms with van der Waals surface area (Å²) >= 11 is 0. The van der Waals surface area contributed by atoms with Crippen molar-refractivity contribution in [3.63, 3.8) is 0 Å². The molecule has 0 spiro atoms. The Kier molecular flexibility index (Phi) is 9.76. The Labute approximate surface area is 161 Å². The van der Waals surface area contributed by atoms with E-state index in [0.717, 1.165) is 50.6 Å². The first kappa shape index (κ1) is 21.5. The van der Waals surface area contributed by atoms with E-state index in [1.165, 1.54) is 44.9 Å². The average molecular weight is 367 g/mol. The number of guanidine groups is 1. The molecule has 26 heavy (non-hydrogen) atoms. The fourth-order valence-electron chi connectivity index (χ4n) is 4.32. The first-order valence-electron chi connectivity index (χ1n) is 10.9. The zero-order valence-corrected chi connectivity index (χ0v) is 17.6. The largest absolute Gasteiger partial charge is 0.377 e. The van der Waals surface area contributed by atoms with Crippen molar-refractivity contribution in [2.75, 3.05) is 39.8 Å². The predicted molar refractivity (Wildman–Crippen MR) is 111 cm³/mol. The zero-order valence-electron chi connectivity index (χ0n) is 17.6. The highest BCUT2D eigenvalue weighted by atomic mass is 16.5. The van der Waals surface area contributed by atoms with Crippen LogP contribution < -0.4 is 10.6 Å². The molecule has 2 aliphatic rings. The summed E-state index contributed by atoms with van der Waals surface area (Å²) in [5, 5.41) is 7.17. The molecule has 0 aromatic carbocycles. The topological polar surface area (TPSA) is 48.9 Å². The number of likely N-dealkylation sites (tertiary alicyclic amines) is 1. The van der Waals surface area contributed by atoms with Gasteiger partial charge in [-0.3, -0.25) is 4.99 Å². The van der Waals surface area contributed by atoms with Crippen LogP contribution in [0.1, 0.15) is 65.7 Å². The summed E-state index contributed by atoms with van der Waals surface area (Å²) in [6.07, 6.45) is 9.64. The van der Waals surface area contributed by atoms with Crippen LogP contribution in [0.5, 0.6) is 0 Å². The van der Waals surface area contributed by atoms with Crippen LogP contribution >= 0.6 is 0 Å². The van der Waals surface area contributed by atoms with E-state index in [9.17, 15) is 0 Å². The molecule has 1 saturated carbocycles. The Morgan fingerprint density at radius 2 is 1.96 bits per heavy atom. The quantitative estimate of drug-likeness (QED) is 0.511. The van der Waals surface area contributed by atoms with Crippen LogP contribution in [-0.2, 0) is 4.74 Å². The maximum Gasteiger partial charge on any atom is 0.191 e. The van der Waals surface area contributed by atoms with Gasteiger partial charge in [0.15, 0.2) is 5.96 Å². The lowest BCUT2D eigenvalue weighted by atomic mass is 9.81. The predicted octanol–water partition coefficient (Wildman–Crippen LogP) is 3.26. The molecule has 2 unspecified atom stereocenters. The molecule has 0 aromatic rings. The number of aliphatic imine (C=N–C) groups is 1. The van der Waals surface area contributed by atoms with Crippen LogP contribution in [-0.4, -0.2) is 62.8 Å². The summed E-state index contributed by atoms with van der Waals surface area (Å²) in [6, 6.07) is 0.540. The highest BCUT2D eigenvalue weighted by Crippen LogP contribution is 2.30. The molecule has 0 radical (unpaired) electrons. The number of hydrogen-bond acceptors (Lipinski definition) is 3. The molecule has 1 saturated heterocycles. The molecule has 2 fully saturated rings. The van der Waals surface area contributed by atoms with Crippen molar-refractivity contribution in [3.05, 3.63) is 0 Å². The first-order chi connectivity index (χ1) is 12.6. The third-order valence-electron chi connectivity index (χ3n) is 5.90. The number of piperidine rings is 1. The first-order valence-corrected chi connectivity index (χ1v) is 10.9. The molecule has 0 aromatic heterocycles. The van der Waals surface area contributed by atoms with Crippen molar-refractivity contribution in [3.8, 4) is 0 Å². The molecule has 5 heteroatoms. The monoisotopic (exact) mass is 366 g/mol. The minimum Gasteiger partial charge on any atom is -0.377 e. The van der Waals surface area contributed by atoms with Gasteiger partial charge in [-0.05, 0) is 51.4 Å². The van der Waals surface area contributed by atoms with Crippen LogP contribution in [0, 0.1) is 11.8 Å². The number of nitrogens with zero attached hydrogens (tertiary/aromatic N) is 2. The Morgan fingerprint density at radius 3 is 2.62 bits per heavy atom. The summed E-state index contributed by atoms with van der Waals surface area (Å²) < 4.78 is 5.67. The molecule has 0 amide bonds. The van der Waals surface area contributed by atoms with Gasteiger partial charge in [0.1, 0.15) is 0 Å². The fraction of sp³-hybridized carbons (Fsp3) is 0.952. The van der Waals surface area contributed by atoms with Gasteiger partial charge in [0.25, 0.3) is 0 Å². The van der Waals surface area contributed by atoms with Crippen molar-refractivity contribution >= 4 is 5.96 Å². The van der Waals surface area contributed by atoms with Crippen LogP contribution in [0.15, 0.2) is 4.99 Å². The lowest BCUT2D eigenvalue weighted by Crippen LogP contribution is -2.49. The van der Waals surface area contributed by atoms with E-state index in [4.69, 9.17) is 4.74 Å². The second-order valence-electron chi connectivity index (χ2n) is 8.61. The SMILES string of the molecule is CN=C(NCCC1CCCC(C)C1)NC1CCN(CCOC(C)C)CC1. The Morgan fingerprint density at radius 1 is 1.19 bits per heavy atom. The standard InChI is InChI=1S/C21H42N4O/c1-17(2)26-15-14-25-12-9-20(10-13-25)24-21(22-4)23-11-8-19-7-5-6-18(3)16-19/h17-20H,5-16H2,1-4H3,(H2,22,23,24). The van der Waals surface area contributed by atoms with E-state index < -0.39 is 0 Å². The van der Waals surface area contributed by atoms with E-state index in [0.29, 0.717) is 12.1 Å². The van der Waals surface area contributed by atoms with Gasteiger partial charge in [0.2, 0.25) is 0 Å². The van der Waals surface area contributed by atoms with Crippen LogP contribution in [0.25, 0.3) is 0 Å². The molecule has 1 aliphatic heterocycles. The number of nitrogens with one attached hydrogen (secondary N) is 2. The lowest BCUT2D eigenvalue weighted by molar-refractivity contribution is 0.0532. The Balaban J connectivity index is 1.58. The third-order valence-corrected chi connectivity index (χ3v) is 5.90. The minimum atomic E-state index is 0.334. The fourth-order valence-corrected chi connectivity index (χ4v) is 4.32. The maximum absolute atomic E-state index is 5.67. The van der Waals surface area contributed by atoms with Gasteiger partial charge >= 0.3 is 0 Å². The summed E-state index contributed by atoms with van der Waals surface area (Å²) in [6.45, 7) is 11.8. The van der Waals surface area contributed by atoms with Crippen LogP contribution in [0.3, 0.4) is 0 Å². The molecule has 2 N–H and O–H groups in total. The van der Waals surface area contributed by atoms with Crippen LogP contribution in [0.2, 0.25) is 0 Å². The highest BCUT2D eigenvalue weighted by molar-refractivity contribution is 5.79. The Bertz CT molecular complexity index is 405. The van der Waals surface area contributed by atoms with Gasteiger partial charge in [-0.1, -0.05) is 26.2 Å². The summed E-state index contributed by atoms with van der Waals surface area (Å²) in [5.41, 5.74) is 0. The van der Waals surface area contributed by atoms with E-state index in [2.05, 4.69) is 41.3 Å².